The van der Waals surface area contributed by atoms with Crippen molar-refractivity contribution in [3.8, 4) is 0 Å². The molecule has 1 N–H and O–H groups in total. The van der Waals surface area contributed by atoms with Crippen molar-refractivity contribution in [2.75, 3.05) is 6.61 Å². The fraction of sp³-hybridized carbons (Fsp3) is 0.333. The lowest BCUT2D eigenvalue weighted by Crippen LogP contribution is -2.12. The lowest BCUT2D eigenvalue weighted by Gasteiger charge is -2.01. The predicted octanol–water partition coefficient (Wildman–Crippen LogP) is 1.64. The van der Waals surface area contributed by atoms with Crippen LogP contribution in [0.3, 0.4) is 0 Å². The number of carboxylic acids is 1. The van der Waals surface area contributed by atoms with Gasteiger partial charge in [0, 0.05) is 6.42 Å². The third kappa shape index (κ3) is 3.27. The molecule has 2 rings (SSSR count). The molecule has 0 aliphatic carbocycles. The Labute approximate surface area is 97.7 Å². The number of aliphatic imine (C=N–C) groups is 1. The summed E-state index contributed by atoms with van der Waals surface area (Å²) >= 11 is 0. The minimum atomic E-state index is -0.894. The highest BCUT2D eigenvalue weighted by Gasteiger charge is 2.21. The van der Waals surface area contributed by atoms with Crippen molar-refractivity contribution >= 4 is 11.9 Å². The van der Waals surface area contributed by atoms with Crippen molar-refractivity contribution in [2.24, 2.45) is 4.99 Å². The number of nitrogens with zero attached hydrogens (tertiary/aromatic N) is 1. The molecule has 0 amide bonds. The summed E-state index contributed by atoms with van der Waals surface area (Å²) in [6, 6.07) is 5.86. The summed E-state index contributed by atoms with van der Waals surface area (Å²) in [5.74, 6) is -0.723. The molecule has 17 heavy (non-hydrogen) atoms. The largest absolute Gasteiger partial charge is 0.481 e. The van der Waals surface area contributed by atoms with Gasteiger partial charge in [-0.25, -0.2) is 9.38 Å². The Morgan fingerprint density at radius 3 is 3.12 bits per heavy atom. The smallest absolute Gasteiger partial charge is 0.305 e. The fourth-order valence-electron chi connectivity index (χ4n) is 1.69. The molecule has 1 aromatic rings. The number of benzene rings is 1. The molecule has 1 aliphatic heterocycles. The molecule has 0 radical (unpaired) electrons. The van der Waals surface area contributed by atoms with Gasteiger partial charge >= 0.3 is 5.97 Å². The monoisotopic (exact) mass is 237 g/mol. The SMILES string of the molecule is O=C(O)CC1COC(Cc2cccc(F)c2)=N1. The maximum absolute atomic E-state index is 12.9. The summed E-state index contributed by atoms with van der Waals surface area (Å²) in [5, 5.41) is 8.61. The van der Waals surface area contributed by atoms with E-state index in [9.17, 15) is 9.18 Å². The van der Waals surface area contributed by atoms with E-state index in [1.54, 1.807) is 12.1 Å². The van der Waals surface area contributed by atoms with Crippen LogP contribution < -0.4 is 0 Å². The molecule has 0 aromatic heterocycles. The zero-order valence-corrected chi connectivity index (χ0v) is 9.10. The second-order valence-electron chi connectivity index (χ2n) is 3.89. The van der Waals surface area contributed by atoms with Crippen molar-refractivity contribution < 1.29 is 19.0 Å². The minimum Gasteiger partial charge on any atom is -0.481 e. The lowest BCUT2D eigenvalue weighted by molar-refractivity contribution is -0.137. The van der Waals surface area contributed by atoms with E-state index in [1.807, 2.05) is 0 Å². The minimum absolute atomic E-state index is 0.0351. The van der Waals surface area contributed by atoms with E-state index < -0.39 is 5.97 Å². The van der Waals surface area contributed by atoms with Crippen molar-refractivity contribution in [2.45, 2.75) is 18.9 Å². The van der Waals surface area contributed by atoms with Crippen molar-refractivity contribution in [3.63, 3.8) is 0 Å². The van der Waals surface area contributed by atoms with Crippen molar-refractivity contribution in [1.82, 2.24) is 0 Å². The van der Waals surface area contributed by atoms with E-state index in [2.05, 4.69) is 4.99 Å². The Hall–Kier alpha value is -1.91. The molecule has 0 spiro atoms. The summed E-state index contributed by atoms with van der Waals surface area (Å²) in [6.45, 7) is 0.289. The lowest BCUT2D eigenvalue weighted by atomic mass is 10.1. The summed E-state index contributed by atoms with van der Waals surface area (Å²) in [6.07, 6.45) is 0.362. The highest BCUT2D eigenvalue weighted by atomic mass is 19.1. The Morgan fingerprint density at radius 2 is 2.41 bits per heavy atom. The Morgan fingerprint density at radius 1 is 1.59 bits per heavy atom. The van der Waals surface area contributed by atoms with Gasteiger partial charge < -0.3 is 9.84 Å². The maximum Gasteiger partial charge on any atom is 0.305 e. The van der Waals surface area contributed by atoms with Crippen LogP contribution in [0.25, 0.3) is 0 Å². The van der Waals surface area contributed by atoms with Crippen LogP contribution in [-0.2, 0) is 16.0 Å². The summed E-state index contributed by atoms with van der Waals surface area (Å²) < 4.78 is 18.2. The summed E-state index contributed by atoms with van der Waals surface area (Å²) in [4.78, 5) is 14.6. The van der Waals surface area contributed by atoms with Gasteiger partial charge in [0.05, 0.1) is 12.5 Å². The topological polar surface area (TPSA) is 58.9 Å². The molecular weight excluding hydrogens is 225 g/mol. The third-order valence-electron chi connectivity index (χ3n) is 2.42. The Bertz CT molecular complexity index is 459. The van der Waals surface area contributed by atoms with Gasteiger partial charge in [0.1, 0.15) is 12.4 Å². The zero-order chi connectivity index (χ0) is 12.3. The van der Waals surface area contributed by atoms with Gasteiger partial charge in [-0.05, 0) is 17.7 Å². The quantitative estimate of drug-likeness (QED) is 0.866. The molecule has 90 valence electrons. The van der Waals surface area contributed by atoms with Crippen LogP contribution in [0, 0.1) is 5.82 Å². The summed E-state index contributed by atoms with van der Waals surface area (Å²) in [5.41, 5.74) is 0.764. The number of rotatable bonds is 4. The molecule has 0 bridgehead atoms. The van der Waals surface area contributed by atoms with Crippen LogP contribution >= 0.6 is 0 Å². The van der Waals surface area contributed by atoms with E-state index in [0.717, 1.165) is 5.56 Å². The van der Waals surface area contributed by atoms with Gasteiger partial charge in [-0.3, -0.25) is 4.79 Å². The molecule has 1 unspecified atom stereocenters. The molecule has 1 atom stereocenters. The second kappa shape index (κ2) is 4.95. The first-order valence-corrected chi connectivity index (χ1v) is 5.29. The molecule has 0 saturated heterocycles. The molecule has 0 saturated carbocycles. The van der Waals surface area contributed by atoms with Crippen LogP contribution in [0.4, 0.5) is 4.39 Å². The number of aliphatic carboxylic acids is 1. The average Bonchev–Trinajstić information content (AvgIpc) is 2.64. The van der Waals surface area contributed by atoms with E-state index in [-0.39, 0.29) is 24.9 Å². The van der Waals surface area contributed by atoms with Gasteiger partial charge in [0.2, 0.25) is 0 Å². The number of halogens is 1. The first-order valence-electron chi connectivity index (χ1n) is 5.29. The Balaban J connectivity index is 1.98. The van der Waals surface area contributed by atoms with Crippen molar-refractivity contribution in [3.05, 3.63) is 35.6 Å². The van der Waals surface area contributed by atoms with Crippen LogP contribution in [0.2, 0.25) is 0 Å². The van der Waals surface area contributed by atoms with Gasteiger partial charge in [-0.15, -0.1) is 0 Å². The standard InChI is InChI=1S/C12H12FNO3/c13-9-3-1-2-8(4-9)5-11-14-10(7-17-11)6-12(15)16/h1-4,10H,5-7H2,(H,15,16). The molecule has 0 fully saturated rings. The van der Waals surface area contributed by atoms with E-state index in [1.165, 1.54) is 12.1 Å². The highest BCUT2D eigenvalue weighted by Crippen LogP contribution is 2.13. The maximum atomic E-state index is 12.9. The molecule has 1 heterocycles. The second-order valence-corrected chi connectivity index (χ2v) is 3.89. The number of hydrogen-bond donors (Lipinski definition) is 1. The van der Waals surface area contributed by atoms with Gasteiger partial charge in [0.25, 0.3) is 0 Å². The molecular formula is C12H12FNO3. The molecule has 4 nitrogen and oxygen atoms in total. The molecule has 1 aromatic carbocycles. The molecule has 1 aliphatic rings. The van der Waals surface area contributed by atoms with Crippen molar-refractivity contribution in [1.29, 1.82) is 0 Å². The number of carbonyl (C=O) groups is 1. The van der Waals surface area contributed by atoms with E-state index in [0.29, 0.717) is 12.3 Å². The van der Waals surface area contributed by atoms with Crippen LogP contribution in [0.5, 0.6) is 0 Å². The van der Waals surface area contributed by atoms with Crippen LogP contribution in [0.15, 0.2) is 29.3 Å². The average molecular weight is 237 g/mol. The first kappa shape index (κ1) is 11.6. The Kier molecular flexibility index (Phi) is 3.37. The first-order chi connectivity index (χ1) is 8.13. The van der Waals surface area contributed by atoms with Gasteiger partial charge in [-0.2, -0.15) is 0 Å². The molecule has 5 heteroatoms. The van der Waals surface area contributed by atoms with E-state index >= 15 is 0 Å². The summed E-state index contributed by atoms with van der Waals surface area (Å²) in [7, 11) is 0. The normalized spacial score (nSPS) is 18.6. The zero-order valence-electron chi connectivity index (χ0n) is 9.10. The fourth-order valence-corrected chi connectivity index (χ4v) is 1.69. The van der Waals surface area contributed by atoms with Crippen LogP contribution in [0.1, 0.15) is 12.0 Å². The highest BCUT2D eigenvalue weighted by molar-refractivity contribution is 5.81. The van der Waals surface area contributed by atoms with Crippen LogP contribution in [-0.4, -0.2) is 29.6 Å². The number of hydrogen-bond acceptors (Lipinski definition) is 3. The number of carboxylic acid groups (broad SMARTS) is 1. The number of ether oxygens (including phenoxy) is 1. The van der Waals surface area contributed by atoms with Gasteiger partial charge in [-0.1, -0.05) is 12.1 Å². The predicted molar refractivity (Wildman–Crippen MR) is 59.5 cm³/mol. The van der Waals surface area contributed by atoms with Gasteiger partial charge in [0.15, 0.2) is 5.90 Å². The van der Waals surface area contributed by atoms with E-state index in [4.69, 9.17) is 9.84 Å². The third-order valence-corrected chi connectivity index (χ3v) is 2.42.